The first kappa shape index (κ1) is 23.7. The molecular weight excluding hydrogens is 448 g/mol. The highest BCUT2D eigenvalue weighted by Gasteiger charge is 2.13. The molecule has 1 atom stereocenters. The minimum absolute atomic E-state index is 0.00140. The highest BCUT2D eigenvalue weighted by atomic mass is 16.5. The first-order chi connectivity index (χ1) is 16.8. The van der Waals surface area contributed by atoms with Crippen molar-refractivity contribution in [2.75, 3.05) is 17.7 Å². The number of benzene rings is 2. The number of fused-ring (bicyclic) bond motifs is 1. The molecule has 0 saturated carbocycles. The molecule has 0 bridgehead atoms. The smallest absolute Gasteiger partial charge is 0.304 e. The van der Waals surface area contributed by atoms with Crippen molar-refractivity contribution in [1.29, 1.82) is 0 Å². The monoisotopic (exact) mass is 474 g/mol. The van der Waals surface area contributed by atoms with Crippen molar-refractivity contribution >= 4 is 40.4 Å². The van der Waals surface area contributed by atoms with Crippen LogP contribution in [0.2, 0.25) is 0 Å². The van der Waals surface area contributed by atoms with E-state index >= 15 is 0 Å². The van der Waals surface area contributed by atoms with Crippen LogP contribution in [0, 0.1) is 6.92 Å². The van der Waals surface area contributed by atoms with Crippen molar-refractivity contribution in [3.63, 3.8) is 0 Å². The molecule has 2 heterocycles. The zero-order valence-electron chi connectivity index (χ0n) is 19.7. The number of aliphatic carboxylic acids is 1. The normalized spacial score (nSPS) is 11.7. The molecule has 0 aliphatic carbocycles. The van der Waals surface area contributed by atoms with Crippen LogP contribution in [0.25, 0.3) is 11.1 Å². The van der Waals surface area contributed by atoms with Crippen LogP contribution in [0.3, 0.4) is 0 Å². The van der Waals surface area contributed by atoms with Gasteiger partial charge < -0.3 is 24.9 Å². The number of carbonyl (C=O) groups is 2. The van der Waals surface area contributed by atoms with Gasteiger partial charge >= 0.3 is 5.97 Å². The van der Waals surface area contributed by atoms with Gasteiger partial charge in [0, 0.05) is 11.6 Å². The zero-order chi connectivity index (χ0) is 24.9. The maximum Gasteiger partial charge on any atom is 0.304 e. The quantitative estimate of drug-likeness (QED) is 0.308. The van der Waals surface area contributed by atoms with Gasteiger partial charge in [-0.3, -0.25) is 14.6 Å². The van der Waals surface area contributed by atoms with Crippen molar-refractivity contribution in [2.45, 2.75) is 32.6 Å². The van der Waals surface area contributed by atoms with Crippen LogP contribution in [-0.2, 0) is 16.0 Å². The highest BCUT2D eigenvalue weighted by Crippen LogP contribution is 2.30. The molecule has 2 aromatic carbocycles. The number of hydrogen-bond donors (Lipinski definition) is 3. The molecule has 0 aliphatic rings. The summed E-state index contributed by atoms with van der Waals surface area (Å²) in [5.74, 6) is -0.621. The predicted octanol–water partition coefficient (Wildman–Crippen LogP) is 5.04. The summed E-state index contributed by atoms with van der Waals surface area (Å²) in [7, 11) is 1.60. The number of nitrogens with one attached hydrogen (secondary N) is 2. The van der Waals surface area contributed by atoms with E-state index in [0.29, 0.717) is 34.2 Å². The van der Waals surface area contributed by atoms with Crippen LogP contribution >= 0.6 is 0 Å². The number of oxazole rings is 1. The third kappa shape index (κ3) is 5.94. The van der Waals surface area contributed by atoms with Crippen LogP contribution in [0.15, 0.2) is 59.1 Å². The minimum Gasteiger partial charge on any atom is -0.495 e. The van der Waals surface area contributed by atoms with E-state index in [1.165, 1.54) is 6.20 Å². The fourth-order valence-corrected chi connectivity index (χ4v) is 3.69. The number of rotatable bonds is 9. The van der Waals surface area contributed by atoms with Crippen molar-refractivity contribution in [2.24, 2.45) is 0 Å². The highest BCUT2D eigenvalue weighted by molar-refractivity contribution is 5.92. The lowest BCUT2D eigenvalue weighted by atomic mass is 10.0. The predicted molar refractivity (Wildman–Crippen MR) is 132 cm³/mol. The minimum atomic E-state index is -0.877. The maximum atomic E-state index is 12.5. The molecule has 0 fully saturated rings. The van der Waals surface area contributed by atoms with Crippen molar-refractivity contribution in [3.8, 4) is 5.75 Å². The number of hydrogen-bond acceptors (Lipinski definition) is 7. The summed E-state index contributed by atoms with van der Waals surface area (Å²) in [5.41, 5.74) is 5.01. The number of pyridine rings is 1. The maximum absolute atomic E-state index is 12.5. The van der Waals surface area contributed by atoms with Gasteiger partial charge in [-0.25, -0.2) is 0 Å². The number of carbonyl (C=O) groups excluding carboxylic acids is 1. The van der Waals surface area contributed by atoms with Gasteiger partial charge in [-0.05, 0) is 54.4 Å². The summed E-state index contributed by atoms with van der Waals surface area (Å²) in [5, 5.41) is 14.9. The molecular formula is C26H26N4O5. The van der Waals surface area contributed by atoms with Crippen LogP contribution in [-0.4, -0.2) is 34.1 Å². The Bertz CT molecular complexity index is 1360. The lowest BCUT2D eigenvalue weighted by Gasteiger charge is -2.10. The van der Waals surface area contributed by atoms with Gasteiger partial charge in [-0.15, -0.1) is 0 Å². The molecule has 2 aromatic heterocycles. The fraction of sp³-hybridized carbons (Fsp3) is 0.231. The van der Waals surface area contributed by atoms with Crippen LogP contribution in [0.4, 0.5) is 17.4 Å². The molecule has 1 unspecified atom stereocenters. The Morgan fingerprint density at radius 3 is 2.69 bits per heavy atom. The SMILES string of the molecule is COc1ccc(C)cc1Nc1nc2ccc(CC(=O)Nc3ccc(C(C)CC(=O)O)nc3)cc2o1. The third-order valence-corrected chi connectivity index (χ3v) is 5.47. The fourth-order valence-electron chi connectivity index (χ4n) is 3.69. The second kappa shape index (κ2) is 10.3. The first-order valence-corrected chi connectivity index (χ1v) is 11.1. The number of nitrogens with zero attached hydrogens (tertiary/aromatic N) is 2. The standard InChI is InChI=1S/C26H26N4O5/c1-15-4-9-22(34-3)21(10-15)30-26-29-20-7-5-17(12-23(20)35-26)13-24(31)28-18-6-8-19(27-14-18)16(2)11-25(32)33/h4-10,12,14,16H,11,13H2,1-3H3,(H,28,31)(H,29,30)(H,32,33). The molecule has 0 aliphatic heterocycles. The molecule has 9 heteroatoms. The molecule has 1 amide bonds. The van der Waals surface area contributed by atoms with E-state index in [-0.39, 0.29) is 24.7 Å². The molecule has 4 aromatic rings. The first-order valence-electron chi connectivity index (χ1n) is 11.1. The summed E-state index contributed by atoms with van der Waals surface area (Å²) in [4.78, 5) is 32.1. The largest absolute Gasteiger partial charge is 0.495 e. The zero-order valence-corrected chi connectivity index (χ0v) is 19.7. The third-order valence-electron chi connectivity index (χ3n) is 5.47. The number of aromatic nitrogens is 2. The Morgan fingerprint density at radius 1 is 1.14 bits per heavy atom. The Kier molecular flexibility index (Phi) is 6.96. The van der Waals surface area contributed by atoms with Crippen molar-refractivity contribution < 1.29 is 23.8 Å². The molecule has 4 rings (SSSR count). The number of aryl methyl sites for hydroxylation is 1. The van der Waals surface area contributed by atoms with Gasteiger partial charge in [-0.2, -0.15) is 4.98 Å². The molecule has 0 spiro atoms. The molecule has 3 N–H and O–H groups in total. The topological polar surface area (TPSA) is 127 Å². The summed E-state index contributed by atoms with van der Waals surface area (Å²) < 4.78 is 11.2. The lowest BCUT2D eigenvalue weighted by Crippen LogP contribution is -2.14. The van der Waals surface area contributed by atoms with E-state index in [0.717, 1.165) is 16.8 Å². The molecule has 9 nitrogen and oxygen atoms in total. The van der Waals surface area contributed by atoms with E-state index in [9.17, 15) is 9.59 Å². The van der Waals surface area contributed by atoms with E-state index in [1.54, 1.807) is 38.3 Å². The Labute approximate surface area is 202 Å². The van der Waals surface area contributed by atoms with Gasteiger partial charge in [0.15, 0.2) is 5.58 Å². The van der Waals surface area contributed by atoms with Gasteiger partial charge in [0.2, 0.25) is 5.91 Å². The van der Waals surface area contributed by atoms with E-state index in [1.807, 2.05) is 31.2 Å². The van der Waals surface area contributed by atoms with Crippen LogP contribution in [0.5, 0.6) is 5.75 Å². The second-order valence-corrected chi connectivity index (χ2v) is 8.35. The van der Waals surface area contributed by atoms with Crippen molar-refractivity contribution in [1.82, 2.24) is 9.97 Å². The van der Waals surface area contributed by atoms with Crippen LogP contribution in [0.1, 0.15) is 36.1 Å². The molecule has 180 valence electrons. The molecule has 35 heavy (non-hydrogen) atoms. The second-order valence-electron chi connectivity index (χ2n) is 8.35. The van der Waals surface area contributed by atoms with Gasteiger partial charge in [0.25, 0.3) is 6.01 Å². The number of ether oxygens (including phenoxy) is 1. The number of carboxylic acid groups (broad SMARTS) is 1. The molecule has 0 saturated heterocycles. The average molecular weight is 475 g/mol. The summed E-state index contributed by atoms with van der Waals surface area (Å²) >= 11 is 0. The van der Waals surface area contributed by atoms with E-state index in [2.05, 4.69) is 20.6 Å². The number of methoxy groups -OCH3 is 1. The van der Waals surface area contributed by atoms with Gasteiger partial charge in [0.1, 0.15) is 11.3 Å². The summed E-state index contributed by atoms with van der Waals surface area (Å²) in [6.45, 7) is 3.78. The summed E-state index contributed by atoms with van der Waals surface area (Å²) in [6, 6.07) is 15.0. The van der Waals surface area contributed by atoms with E-state index < -0.39 is 5.97 Å². The number of anilines is 3. The lowest BCUT2D eigenvalue weighted by molar-refractivity contribution is -0.137. The van der Waals surface area contributed by atoms with Crippen molar-refractivity contribution in [3.05, 3.63) is 71.5 Å². The number of amides is 1. The number of carboxylic acids is 1. The van der Waals surface area contributed by atoms with Crippen LogP contribution < -0.4 is 15.4 Å². The average Bonchev–Trinajstić information content (AvgIpc) is 3.20. The molecule has 0 radical (unpaired) electrons. The Morgan fingerprint density at radius 2 is 1.97 bits per heavy atom. The Hall–Kier alpha value is -4.40. The van der Waals surface area contributed by atoms with E-state index in [4.69, 9.17) is 14.3 Å². The Balaban J connectivity index is 1.41. The van der Waals surface area contributed by atoms with Gasteiger partial charge in [0.05, 0.1) is 37.5 Å². The summed E-state index contributed by atoms with van der Waals surface area (Å²) in [6.07, 6.45) is 1.67. The van der Waals surface area contributed by atoms with Gasteiger partial charge in [-0.1, -0.05) is 19.1 Å².